The Labute approximate surface area is 113 Å². The van der Waals surface area contributed by atoms with Crippen molar-refractivity contribution in [1.29, 1.82) is 0 Å². The molecule has 0 bridgehead atoms. The van der Waals surface area contributed by atoms with Gasteiger partial charge >= 0.3 is 0 Å². The van der Waals surface area contributed by atoms with Gasteiger partial charge in [0.15, 0.2) is 0 Å². The molecule has 0 spiro atoms. The first-order valence-corrected chi connectivity index (χ1v) is 9.35. The molecule has 0 unspecified atom stereocenters. The molecule has 5 heteroatoms. The first kappa shape index (κ1) is 13.8. The van der Waals surface area contributed by atoms with E-state index in [1.165, 1.54) is 38.5 Å². The highest BCUT2D eigenvalue weighted by atomic mass is 79.9. The van der Waals surface area contributed by atoms with Crippen LogP contribution in [0.4, 0.5) is 0 Å². The normalized spacial score (nSPS) is 29.0. The van der Waals surface area contributed by atoms with Crippen LogP contribution >= 0.6 is 15.9 Å². The van der Waals surface area contributed by atoms with Gasteiger partial charge in [-0.15, -0.1) is 0 Å². The predicted molar refractivity (Wildman–Crippen MR) is 73.9 cm³/mol. The van der Waals surface area contributed by atoms with Crippen molar-refractivity contribution < 1.29 is 8.42 Å². The minimum Gasteiger partial charge on any atom is -0.212 e. The Morgan fingerprint density at radius 1 is 1.06 bits per heavy atom. The summed E-state index contributed by atoms with van der Waals surface area (Å²) in [6, 6.07) is 0. The van der Waals surface area contributed by atoms with E-state index in [0.717, 1.165) is 24.8 Å². The van der Waals surface area contributed by atoms with Crippen LogP contribution in [-0.2, 0) is 10.0 Å². The van der Waals surface area contributed by atoms with Crippen molar-refractivity contribution in [2.45, 2.75) is 44.9 Å². The molecule has 0 aromatic heterocycles. The minimum absolute atomic E-state index is 0.188. The Kier molecular flexibility index (Phi) is 4.53. The molecule has 0 radical (unpaired) electrons. The number of sulfonamides is 1. The third-order valence-electron chi connectivity index (χ3n) is 4.16. The van der Waals surface area contributed by atoms with Gasteiger partial charge in [-0.2, -0.15) is 0 Å². The average molecular weight is 324 g/mol. The largest absolute Gasteiger partial charge is 0.214 e. The number of nitrogens with zero attached hydrogens (tertiary/aromatic N) is 1. The maximum absolute atomic E-state index is 11.9. The van der Waals surface area contributed by atoms with Gasteiger partial charge in [-0.1, -0.05) is 41.6 Å². The Morgan fingerprint density at radius 2 is 1.71 bits per heavy atom. The van der Waals surface area contributed by atoms with E-state index in [4.69, 9.17) is 0 Å². The second-order valence-electron chi connectivity index (χ2n) is 5.55. The molecule has 0 N–H and O–H groups in total. The lowest BCUT2D eigenvalue weighted by Crippen LogP contribution is -2.39. The zero-order valence-corrected chi connectivity index (χ0v) is 12.7. The van der Waals surface area contributed by atoms with Crippen LogP contribution in [0.25, 0.3) is 0 Å². The Balaban J connectivity index is 2.08. The fraction of sp³-hybridized carbons (Fsp3) is 1.00. The zero-order valence-electron chi connectivity index (χ0n) is 10.3. The Hall–Kier alpha value is 0.390. The molecule has 1 aliphatic carbocycles. The summed E-state index contributed by atoms with van der Waals surface area (Å²) in [6.07, 6.45) is 8.26. The van der Waals surface area contributed by atoms with Gasteiger partial charge in [-0.05, 0) is 24.7 Å². The maximum Gasteiger partial charge on any atom is 0.214 e. The monoisotopic (exact) mass is 323 g/mol. The van der Waals surface area contributed by atoms with Crippen molar-refractivity contribution in [3.63, 3.8) is 0 Å². The van der Waals surface area contributed by atoms with Crippen LogP contribution in [0.3, 0.4) is 0 Å². The smallest absolute Gasteiger partial charge is 0.212 e. The number of hydrogen-bond donors (Lipinski definition) is 0. The number of alkyl halides is 1. The van der Waals surface area contributed by atoms with E-state index in [1.54, 1.807) is 4.31 Å². The highest BCUT2D eigenvalue weighted by Crippen LogP contribution is 2.38. The topological polar surface area (TPSA) is 37.4 Å². The Bertz CT molecular complexity index is 348. The van der Waals surface area contributed by atoms with E-state index in [-0.39, 0.29) is 5.41 Å². The average Bonchev–Trinajstić information content (AvgIpc) is 2.54. The summed E-state index contributed by atoms with van der Waals surface area (Å²) >= 11 is 3.63. The standard InChI is InChI=1S/C12H22BrNO2S/c13-10-12(6-3-1-2-4-7-12)11-14-8-5-9-17(14,15)16/h1-11H2. The van der Waals surface area contributed by atoms with Crippen molar-refractivity contribution in [3.8, 4) is 0 Å². The van der Waals surface area contributed by atoms with Crippen molar-refractivity contribution in [1.82, 2.24) is 4.31 Å². The molecule has 2 rings (SSSR count). The summed E-state index contributed by atoms with van der Waals surface area (Å²) in [7, 11) is -2.93. The van der Waals surface area contributed by atoms with Crippen LogP contribution in [0.2, 0.25) is 0 Å². The lowest BCUT2D eigenvalue weighted by atomic mass is 9.82. The molecule has 1 aliphatic heterocycles. The highest BCUT2D eigenvalue weighted by Gasteiger charge is 2.37. The fourth-order valence-corrected chi connectivity index (χ4v) is 5.42. The van der Waals surface area contributed by atoms with Gasteiger partial charge in [-0.25, -0.2) is 12.7 Å². The SMILES string of the molecule is O=S1(=O)CCCN1CC1(CBr)CCCCCC1. The molecule has 2 aliphatic rings. The Morgan fingerprint density at radius 3 is 2.18 bits per heavy atom. The minimum atomic E-state index is -2.93. The van der Waals surface area contributed by atoms with Gasteiger partial charge in [0.05, 0.1) is 5.75 Å². The molecular formula is C12H22BrNO2S. The molecule has 3 nitrogen and oxygen atoms in total. The van der Waals surface area contributed by atoms with Crippen LogP contribution in [-0.4, -0.2) is 36.9 Å². The van der Waals surface area contributed by atoms with Gasteiger partial charge in [0.1, 0.15) is 0 Å². The molecule has 1 saturated heterocycles. The van der Waals surface area contributed by atoms with E-state index in [1.807, 2.05) is 0 Å². The summed E-state index contributed by atoms with van der Waals surface area (Å²) < 4.78 is 25.5. The van der Waals surface area contributed by atoms with E-state index in [0.29, 0.717) is 5.75 Å². The second kappa shape index (κ2) is 5.57. The maximum atomic E-state index is 11.9. The summed E-state index contributed by atoms with van der Waals surface area (Å²) in [5.74, 6) is 0.353. The molecule has 0 atom stereocenters. The summed E-state index contributed by atoms with van der Waals surface area (Å²) in [4.78, 5) is 0. The van der Waals surface area contributed by atoms with E-state index in [9.17, 15) is 8.42 Å². The predicted octanol–water partition coefficient (Wildman–Crippen LogP) is 2.76. The highest BCUT2D eigenvalue weighted by molar-refractivity contribution is 9.09. The van der Waals surface area contributed by atoms with Gasteiger partial charge in [0.25, 0.3) is 0 Å². The summed E-state index contributed by atoms with van der Waals surface area (Å²) in [6.45, 7) is 1.47. The quantitative estimate of drug-likeness (QED) is 0.591. The summed E-state index contributed by atoms with van der Waals surface area (Å²) in [5.41, 5.74) is 0.188. The fourth-order valence-electron chi connectivity index (χ4n) is 3.06. The third kappa shape index (κ3) is 3.24. The van der Waals surface area contributed by atoms with Crippen molar-refractivity contribution in [2.24, 2.45) is 5.41 Å². The summed E-state index contributed by atoms with van der Waals surface area (Å²) in [5, 5.41) is 0.937. The molecule has 1 heterocycles. The van der Waals surface area contributed by atoms with Gasteiger partial charge in [-0.3, -0.25) is 0 Å². The van der Waals surface area contributed by atoms with E-state index < -0.39 is 10.0 Å². The van der Waals surface area contributed by atoms with Crippen LogP contribution in [0.5, 0.6) is 0 Å². The molecule has 100 valence electrons. The van der Waals surface area contributed by atoms with Crippen molar-refractivity contribution in [3.05, 3.63) is 0 Å². The zero-order chi connectivity index (χ0) is 12.4. The van der Waals surface area contributed by atoms with Gasteiger partial charge in [0.2, 0.25) is 10.0 Å². The molecule has 1 saturated carbocycles. The van der Waals surface area contributed by atoms with E-state index >= 15 is 0 Å². The first-order chi connectivity index (χ1) is 8.08. The lowest BCUT2D eigenvalue weighted by Gasteiger charge is -2.34. The van der Waals surface area contributed by atoms with E-state index in [2.05, 4.69) is 15.9 Å². The third-order valence-corrected chi connectivity index (χ3v) is 7.26. The molecular weight excluding hydrogens is 302 g/mol. The number of rotatable bonds is 3. The van der Waals surface area contributed by atoms with Crippen molar-refractivity contribution in [2.75, 3.05) is 24.2 Å². The van der Waals surface area contributed by atoms with Crippen molar-refractivity contribution >= 4 is 26.0 Å². The molecule has 0 aromatic carbocycles. The second-order valence-corrected chi connectivity index (χ2v) is 8.20. The van der Waals surface area contributed by atoms with Crippen LogP contribution in [0, 0.1) is 5.41 Å². The molecule has 0 aromatic rings. The lowest BCUT2D eigenvalue weighted by molar-refractivity contribution is 0.222. The van der Waals surface area contributed by atoms with Crippen LogP contribution < -0.4 is 0 Å². The number of hydrogen-bond acceptors (Lipinski definition) is 2. The van der Waals surface area contributed by atoms with Gasteiger partial charge in [0, 0.05) is 18.4 Å². The molecule has 0 amide bonds. The van der Waals surface area contributed by atoms with Crippen LogP contribution in [0.1, 0.15) is 44.9 Å². The molecule has 2 fully saturated rings. The van der Waals surface area contributed by atoms with Crippen LogP contribution in [0.15, 0.2) is 0 Å². The van der Waals surface area contributed by atoms with Gasteiger partial charge < -0.3 is 0 Å². The number of halogens is 1. The molecule has 17 heavy (non-hydrogen) atoms. The first-order valence-electron chi connectivity index (χ1n) is 6.62.